The van der Waals surface area contributed by atoms with Crippen molar-refractivity contribution in [2.45, 2.75) is 25.0 Å². The zero-order valence-corrected chi connectivity index (χ0v) is 12.3. The lowest BCUT2D eigenvalue weighted by Crippen LogP contribution is -2.51. The number of urea groups is 1. The second kappa shape index (κ2) is 5.84. The summed E-state index contributed by atoms with van der Waals surface area (Å²) in [6.07, 6.45) is 0.575. The number of rotatable bonds is 4. The lowest BCUT2D eigenvalue weighted by atomic mass is 10.0. The highest BCUT2D eigenvalue weighted by Crippen LogP contribution is 2.21. The SMILES string of the molecule is CC1(NC(=O)Nc2ccc(OC3COC3)cc2)CCOC1=O. The molecule has 0 aromatic heterocycles. The minimum absolute atomic E-state index is 0.107. The van der Waals surface area contributed by atoms with Crippen molar-refractivity contribution in [1.29, 1.82) is 0 Å². The molecule has 118 valence electrons. The standard InChI is InChI=1S/C15H18N2O5/c1-15(6-7-21-13(15)18)17-14(19)16-10-2-4-11(5-3-10)22-12-8-20-9-12/h2-5,12H,6-9H2,1H3,(H2,16,17,19). The highest BCUT2D eigenvalue weighted by molar-refractivity contribution is 5.94. The Labute approximate surface area is 127 Å². The Morgan fingerprint density at radius 1 is 1.32 bits per heavy atom. The summed E-state index contributed by atoms with van der Waals surface area (Å²) < 4.78 is 15.6. The number of carbonyl (C=O) groups excluding carboxylic acids is 2. The van der Waals surface area contributed by atoms with E-state index in [4.69, 9.17) is 14.2 Å². The molecular weight excluding hydrogens is 288 g/mol. The van der Waals surface area contributed by atoms with Gasteiger partial charge in [0.2, 0.25) is 0 Å². The number of esters is 1. The van der Waals surface area contributed by atoms with Crippen LogP contribution in [-0.2, 0) is 14.3 Å². The Balaban J connectivity index is 1.53. The van der Waals surface area contributed by atoms with E-state index >= 15 is 0 Å². The maximum atomic E-state index is 12.0. The fraction of sp³-hybridized carbons (Fsp3) is 0.467. The molecule has 0 bridgehead atoms. The topological polar surface area (TPSA) is 85.9 Å². The quantitative estimate of drug-likeness (QED) is 0.819. The van der Waals surface area contributed by atoms with E-state index in [0.717, 1.165) is 5.75 Å². The Bertz CT molecular complexity index is 570. The van der Waals surface area contributed by atoms with E-state index in [1.807, 2.05) is 0 Å². The van der Waals surface area contributed by atoms with E-state index in [2.05, 4.69) is 10.6 Å². The van der Waals surface area contributed by atoms with E-state index in [0.29, 0.717) is 31.9 Å². The second-order valence-electron chi connectivity index (χ2n) is 5.60. The second-order valence-corrected chi connectivity index (χ2v) is 5.60. The van der Waals surface area contributed by atoms with Crippen LogP contribution in [0.4, 0.5) is 10.5 Å². The van der Waals surface area contributed by atoms with Gasteiger partial charge in [0.15, 0.2) is 0 Å². The zero-order chi connectivity index (χ0) is 15.6. The third kappa shape index (κ3) is 3.14. The summed E-state index contributed by atoms with van der Waals surface area (Å²) in [5, 5.41) is 5.33. The van der Waals surface area contributed by atoms with Crippen LogP contribution in [0.25, 0.3) is 0 Å². The van der Waals surface area contributed by atoms with Gasteiger partial charge in [0.25, 0.3) is 0 Å². The molecule has 3 rings (SSSR count). The molecule has 1 unspecified atom stereocenters. The Morgan fingerprint density at radius 2 is 2.05 bits per heavy atom. The average molecular weight is 306 g/mol. The third-order valence-electron chi connectivity index (χ3n) is 3.70. The maximum Gasteiger partial charge on any atom is 0.331 e. The average Bonchev–Trinajstić information content (AvgIpc) is 2.75. The van der Waals surface area contributed by atoms with Gasteiger partial charge in [-0.2, -0.15) is 0 Å². The molecule has 0 aliphatic carbocycles. The van der Waals surface area contributed by atoms with Gasteiger partial charge in [-0.25, -0.2) is 9.59 Å². The summed E-state index contributed by atoms with van der Waals surface area (Å²) in [6.45, 7) is 3.19. The highest BCUT2D eigenvalue weighted by Gasteiger charge is 2.41. The van der Waals surface area contributed by atoms with Gasteiger partial charge in [-0.05, 0) is 31.2 Å². The number of ether oxygens (including phenoxy) is 3. The van der Waals surface area contributed by atoms with Crippen LogP contribution in [0, 0.1) is 0 Å². The first kappa shape index (κ1) is 14.6. The Kier molecular flexibility index (Phi) is 3.89. The van der Waals surface area contributed by atoms with Crippen molar-refractivity contribution in [1.82, 2.24) is 5.32 Å². The summed E-state index contributed by atoms with van der Waals surface area (Å²) in [5.41, 5.74) is -0.346. The number of hydrogen-bond acceptors (Lipinski definition) is 5. The number of carbonyl (C=O) groups is 2. The molecule has 22 heavy (non-hydrogen) atoms. The fourth-order valence-electron chi connectivity index (χ4n) is 2.23. The molecule has 2 N–H and O–H groups in total. The van der Waals surface area contributed by atoms with Gasteiger partial charge in [-0.1, -0.05) is 0 Å². The summed E-state index contributed by atoms with van der Waals surface area (Å²) in [4.78, 5) is 23.5. The zero-order valence-electron chi connectivity index (χ0n) is 12.3. The number of anilines is 1. The number of cyclic esters (lactones) is 1. The molecule has 7 heteroatoms. The van der Waals surface area contributed by atoms with Gasteiger partial charge in [-0.3, -0.25) is 0 Å². The van der Waals surface area contributed by atoms with Gasteiger partial charge in [0.1, 0.15) is 17.4 Å². The van der Waals surface area contributed by atoms with Crippen molar-refractivity contribution < 1.29 is 23.8 Å². The molecule has 1 atom stereocenters. The van der Waals surface area contributed by atoms with E-state index in [1.54, 1.807) is 31.2 Å². The number of nitrogens with one attached hydrogen (secondary N) is 2. The van der Waals surface area contributed by atoms with Crippen molar-refractivity contribution in [2.24, 2.45) is 0 Å². The van der Waals surface area contributed by atoms with Crippen LogP contribution in [0.5, 0.6) is 5.75 Å². The van der Waals surface area contributed by atoms with Crippen molar-refractivity contribution in [2.75, 3.05) is 25.1 Å². The van der Waals surface area contributed by atoms with Crippen LogP contribution in [-0.4, -0.2) is 43.5 Å². The van der Waals surface area contributed by atoms with Gasteiger partial charge in [0, 0.05) is 12.1 Å². The molecular formula is C15H18N2O5. The van der Waals surface area contributed by atoms with E-state index in [9.17, 15) is 9.59 Å². The molecule has 1 aromatic carbocycles. The van der Waals surface area contributed by atoms with Gasteiger partial charge < -0.3 is 24.8 Å². The van der Waals surface area contributed by atoms with Crippen LogP contribution in [0.2, 0.25) is 0 Å². The molecule has 2 aliphatic heterocycles. The molecule has 2 saturated heterocycles. The van der Waals surface area contributed by atoms with Gasteiger partial charge >= 0.3 is 12.0 Å². The third-order valence-corrected chi connectivity index (χ3v) is 3.70. The minimum Gasteiger partial charge on any atom is -0.486 e. The Morgan fingerprint density at radius 3 is 2.59 bits per heavy atom. The molecule has 2 heterocycles. The smallest absolute Gasteiger partial charge is 0.331 e. The lowest BCUT2D eigenvalue weighted by Gasteiger charge is -2.26. The molecule has 2 aliphatic rings. The predicted octanol–water partition coefficient (Wildman–Crippen LogP) is 1.29. The lowest BCUT2D eigenvalue weighted by molar-refractivity contribution is -0.142. The van der Waals surface area contributed by atoms with E-state index < -0.39 is 17.5 Å². The van der Waals surface area contributed by atoms with Gasteiger partial charge in [-0.15, -0.1) is 0 Å². The first-order chi connectivity index (χ1) is 10.5. The monoisotopic (exact) mass is 306 g/mol. The first-order valence-electron chi connectivity index (χ1n) is 7.16. The number of hydrogen-bond donors (Lipinski definition) is 2. The van der Waals surface area contributed by atoms with Crippen molar-refractivity contribution in [3.05, 3.63) is 24.3 Å². The van der Waals surface area contributed by atoms with Crippen LogP contribution in [0.1, 0.15) is 13.3 Å². The minimum atomic E-state index is -0.961. The summed E-state index contributed by atoms with van der Waals surface area (Å²) in [5.74, 6) is 0.319. The summed E-state index contributed by atoms with van der Waals surface area (Å²) in [6, 6.07) is 6.59. The summed E-state index contributed by atoms with van der Waals surface area (Å²) >= 11 is 0. The van der Waals surface area contributed by atoms with Crippen LogP contribution >= 0.6 is 0 Å². The molecule has 0 radical (unpaired) electrons. The van der Waals surface area contributed by atoms with Crippen LogP contribution < -0.4 is 15.4 Å². The molecule has 2 fully saturated rings. The van der Waals surface area contributed by atoms with Crippen molar-refractivity contribution in [3.63, 3.8) is 0 Å². The predicted molar refractivity (Wildman–Crippen MR) is 77.8 cm³/mol. The highest BCUT2D eigenvalue weighted by atomic mass is 16.6. The summed E-state index contributed by atoms with van der Waals surface area (Å²) in [7, 11) is 0. The maximum absolute atomic E-state index is 12.0. The molecule has 7 nitrogen and oxygen atoms in total. The molecule has 0 spiro atoms. The molecule has 1 aromatic rings. The van der Waals surface area contributed by atoms with Crippen molar-refractivity contribution >= 4 is 17.7 Å². The molecule has 0 saturated carbocycles. The fourth-order valence-corrected chi connectivity index (χ4v) is 2.23. The number of amides is 2. The van der Waals surface area contributed by atoms with Crippen LogP contribution in [0.3, 0.4) is 0 Å². The van der Waals surface area contributed by atoms with E-state index in [1.165, 1.54) is 0 Å². The largest absolute Gasteiger partial charge is 0.486 e. The number of benzene rings is 1. The molecule has 2 amide bonds. The Hall–Kier alpha value is -2.28. The van der Waals surface area contributed by atoms with Crippen LogP contribution in [0.15, 0.2) is 24.3 Å². The van der Waals surface area contributed by atoms with Gasteiger partial charge in [0.05, 0.1) is 19.8 Å². The van der Waals surface area contributed by atoms with Crippen molar-refractivity contribution in [3.8, 4) is 5.75 Å². The normalized spacial score (nSPS) is 24.3. The first-order valence-corrected chi connectivity index (χ1v) is 7.16. The van der Waals surface area contributed by atoms with E-state index in [-0.39, 0.29) is 6.10 Å².